The zero-order chi connectivity index (χ0) is 14.7. The molecule has 0 amide bonds. The van der Waals surface area contributed by atoms with E-state index < -0.39 is 0 Å². The molecule has 5 nitrogen and oxygen atoms in total. The van der Waals surface area contributed by atoms with Crippen molar-refractivity contribution in [1.29, 1.82) is 0 Å². The Morgan fingerprint density at radius 2 is 2.24 bits per heavy atom. The molecule has 2 N–H and O–H groups in total. The topological polar surface area (TPSA) is 63.0 Å². The number of hydrogen-bond donors (Lipinski definition) is 2. The third kappa shape index (κ3) is 3.00. The molecule has 0 aliphatic heterocycles. The lowest BCUT2D eigenvalue weighted by Gasteiger charge is -2.07. The zero-order valence-corrected chi connectivity index (χ0v) is 13.0. The van der Waals surface area contributed by atoms with Crippen molar-refractivity contribution < 1.29 is 4.42 Å². The summed E-state index contributed by atoms with van der Waals surface area (Å²) in [4.78, 5) is 11.4. The zero-order valence-electron chi connectivity index (χ0n) is 12.1. The van der Waals surface area contributed by atoms with Crippen molar-refractivity contribution in [3.63, 3.8) is 0 Å². The molecule has 0 fully saturated rings. The lowest BCUT2D eigenvalue weighted by molar-refractivity contribution is 0.513. The molecule has 0 aliphatic rings. The van der Waals surface area contributed by atoms with Crippen molar-refractivity contribution >= 4 is 33.3 Å². The molecular weight excluding hydrogens is 284 g/mol. The number of nitrogens with one attached hydrogen (secondary N) is 2. The predicted octanol–water partition coefficient (Wildman–Crippen LogP) is 3.54. The van der Waals surface area contributed by atoms with Crippen molar-refractivity contribution in [2.24, 2.45) is 0 Å². The van der Waals surface area contributed by atoms with E-state index in [2.05, 4.69) is 33.6 Å². The smallest absolute Gasteiger partial charge is 0.225 e. The van der Waals surface area contributed by atoms with Gasteiger partial charge in [-0.05, 0) is 24.6 Å². The minimum absolute atomic E-state index is 0.646. The summed E-state index contributed by atoms with van der Waals surface area (Å²) in [5, 5.41) is 7.50. The highest BCUT2D eigenvalue weighted by Gasteiger charge is 2.10. The Morgan fingerprint density at radius 3 is 2.95 bits per heavy atom. The van der Waals surface area contributed by atoms with Crippen molar-refractivity contribution in [2.45, 2.75) is 19.8 Å². The second-order valence-electron chi connectivity index (χ2n) is 4.69. The Kier molecular flexibility index (Phi) is 4.06. The van der Waals surface area contributed by atoms with E-state index in [4.69, 9.17) is 4.42 Å². The van der Waals surface area contributed by atoms with Crippen LogP contribution in [0.1, 0.15) is 17.6 Å². The van der Waals surface area contributed by atoms with E-state index in [0.717, 1.165) is 41.2 Å². The van der Waals surface area contributed by atoms with Gasteiger partial charge in [0.1, 0.15) is 16.4 Å². The Hall–Kier alpha value is -2.08. The maximum absolute atomic E-state index is 5.34. The minimum Gasteiger partial charge on any atom is -0.469 e. The first-order valence-electron chi connectivity index (χ1n) is 7.04. The number of rotatable bonds is 6. The molecule has 3 aromatic rings. The Morgan fingerprint density at radius 1 is 1.33 bits per heavy atom. The van der Waals surface area contributed by atoms with Crippen LogP contribution in [0.4, 0.5) is 11.8 Å². The highest BCUT2D eigenvalue weighted by atomic mass is 32.1. The molecule has 0 unspecified atom stereocenters. The highest BCUT2D eigenvalue weighted by molar-refractivity contribution is 7.18. The van der Waals surface area contributed by atoms with E-state index in [9.17, 15) is 0 Å². The molecule has 3 heterocycles. The molecule has 3 aromatic heterocycles. The van der Waals surface area contributed by atoms with Crippen molar-refractivity contribution in [3.8, 4) is 0 Å². The number of fused-ring (bicyclic) bond motifs is 1. The highest BCUT2D eigenvalue weighted by Crippen LogP contribution is 2.30. The van der Waals surface area contributed by atoms with Gasteiger partial charge >= 0.3 is 0 Å². The summed E-state index contributed by atoms with van der Waals surface area (Å²) in [6.45, 7) is 2.93. The number of aromatic nitrogens is 2. The monoisotopic (exact) mass is 302 g/mol. The summed E-state index contributed by atoms with van der Waals surface area (Å²) < 4.78 is 5.34. The van der Waals surface area contributed by atoms with Gasteiger partial charge in [0, 0.05) is 24.9 Å². The van der Waals surface area contributed by atoms with E-state index in [-0.39, 0.29) is 0 Å². The van der Waals surface area contributed by atoms with E-state index in [1.807, 2.05) is 19.2 Å². The van der Waals surface area contributed by atoms with Gasteiger partial charge in [-0.3, -0.25) is 0 Å². The summed E-state index contributed by atoms with van der Waals surface area (Å²) in [6.07, 6.45) is 3.55. The van der Waals surface area contributed by atoms with E-state index in [0.29, 0.717) is 5.95 Å². The van der Waals surface area contributed by atoms with Crippen LogP contribution in [0.15, 0.2) is 28.9 Å². The summed E-state index contributed by atoms with van der Waals surface area (Å²) in [5.74, 6) is 2.50. The fourth-order valence-corrected chi connectivity index (χ4v) is 3.12. The molecule has 21 heavy (non-hydrogen) atoms. The molecule has 0 saturated carbocycles. The number of hydrogen-bond acceptors (Lipinski definition) is 6. The maximum Gasteiger partial charge on any atom is 0.225 e. The molecular formula is C15H18N4OS. The Labute approximate surface area is 127 Å². The summed E-state index contributed by atoms with van der Waals surface area (Å²) >= 11 is 1.72. The first-order valence-corrected chi connectivity index (χ1v) is 7.86. The second kappa shape index (κ2) is 6.13. The lowest BCUT2D eigenvalue weighted by Crippen LogP contribution is -2.08. The Bertz CT molecular complexity index is 721. The normalized spacial score (nSPS) is 11.0. The quantitative estimate of drug-likeness (QED) is 0.729. The minimum atomic E-state index is 0.646. The lowest BCUT2D eigenvalue weighted by atomic mass is 10.3. The van der Waals surface area contributed by atoms with Gasteiger partial charge in [-0.15, -0.1) is 11.3 Å². The summed E-state index contributed by atoms with van der Waals surface area (Å²) in [5.41, 5.74) is 0. The van der Waals surface area contributed by atoms with E-state index in [1.54, 1.807) is 17.6 Å². The molecule has 0 bridgehead atoms. The average molecular weight is 302 g/mol. The Balaban J connectivity index is 1.83. The molecule has 0 saturated heterocycles. The third-order valence-electron chi connectivity index (χ3n) is 3.26. The van der Waals surface area contributed by atoms with Gasteiger partial charge in [-0.25, -0.2) is 4.98 Å². The summed E-state index contributed by atoms with van der Waals surface area (Å²) in [6, 6.07) is 6.06. The van der Waals surface area contributed by atoms with Crippen LogP contribution in [0.3, 0.4) is 0 Å². The van der Waals surface area contributed by atoms with Gasteiger partial charge in [0.15, 0.2) is 0 Å². The number of thiophene rings is 1. The van der Waals surface area contributed by atoms with Crippen LogP contribution >= 0.6 is 11.3 Å². The van der Waals surface area contributed by atoms with Crippen LogP contribution in [0, 0.1) is 0 Å². The van der Waals surface area contributed by atoms with Gasteiger partial charge in [-0.1, -0.05) is 6.92 Å². The first kappa shape index (κ1) is 13.9. The van der Waals surface area contributed by atoms with Crippen LogP contribution in [0.5, 0.6) is 0 Å². The molecule has 3 rings (SSSR count). The third-order valence-corrected chi connectivity index (χ3v) is 4.43. The van der Waals surface area contributed by atoms with Gasteiger partial charge in [0.2, 0.25) is 5.95 Å². The van der Waals surface area contributed by atoms with Gasteiger partial charge < -0.3 is 15.1 Å². The number of nitrogens with zero attached hydrogens (tertiary/aromatic N) is 2. The standard InChI is InChI=1S/C15H18N4OS/c1-3-11-9-12-13(17-7-6-10-5-4-8-20-10)18-15(16-2)19-14(12)21-11/h4-5,8-9H,3,6-7H2,1-2H3,(H2,16,17,18,19). The van der Waals surface area contributed by atoms with Crippen LogP contribution in [-0.2, 0) is 12.8 Å². The fraction of sp³-hybridized carbons (Fsp3) is 0.333. The molecule has 0 radical (unpaired) electrons. The first-order chi connectivity index (χ1) is 10.3. The van der Waals surface area contributed by atoms with E-state index >= 15 is 0 Å². The largest absolute Gasteiger partial charge is 0.469 e. The molecule has 110 valence electrons. The average Bonchev–Trinajstić information content (AvgIpc) is 3.15. The molecule has 0 aromatic carbocycles. The number of aryl methyl sites for hydroxylation is 1. The fourth-order valence-electron chi connectivity index (χ4n) is 2.15. The van der Waals surface area contributed by atoms with Crippen LogP contribution in [0.25, 0.3) is 10.2 Å². The van der Waals surface area contributed by atoms with Crippen molar-refractivity contribution in [1.82, 2.24) is 9.97 Å². The SMILES string of the molecule is CCc1cc2c(NCCc3ccco3)nc(NC)nc2s1. The second-order valence-corrected chi connectivity index (χ2v) is 5.80. The van der Waals surface area contributed by atoms with Gasteiger partial charge in [0.05, 0.1) is 11.6 Å². The molecule has 0 spiro atoms. The van der Waals surface area contributed by atoms with Crippen molar-refractivity contribution in [3.05, 3.63) is 35.1 Å². The van der Waals surface area contributed by atoms with Gasteiger partial charge in [0.25, 0.3) is 0 Å². The van der Waals surface area contributed by atoms with Gasteiger partial charge in [-0.2, -0.15) is 4.98 Å². The van der Waals surface area contributed by atoms with Crippen LogP contribution in [0.2, 0.25) is 0 Å². The van der Waals surface area contributed by atoms with Crippen LogP contribution < -0.4 is 10.6 Å². The van der Waals surface area contributed by atoms with Crippen molar-refractivity contribution in [2.75, 3.05) is 24.2 Å². The molecule has 0 atom stereocenters. The molecule has 0 aliphatic carbocycles. The maximum atomic E-state index is 5.34. The molecule has 6 heteroatoms. The summed E-state index contributed by atoms with van der Waals surface area (Å²) in [7, 11) is 1.84. The number of furan rings is 1. The number of anilines is 2. The van der Waals surface area contributed by atoms with E-state index in [1.165, 1.54) is 4.88 Å². The predicted molar refractivity (Wildman–Crippen MR) is 87.2 cm³/mol. The van der Waals surface area contributed by atoms with Crippen LogP contribution in [-0.4, -0.2) is 23.6 Å².